The average Bonchev–Trinajstić information content (AvgIpc) is 2.85. The maximum Gasteiger partial charge on any atom is 0.166 e. The van der Waals surface area contributed by atoms with Crippen molar-refractivity contribution in [2.45, 2.75) is 6.42 Å². The second kappa shape index (κ2) is 3.23. The lowest BCUT2D eigenvalue weighted by molar-refractivity contribution is 0.111. The van der Waals surface area contributed by atoms with Crippen molar-refractivity contribution in [2.75, 3.05) is 7.11 Å². The Balaban J connectivity index is 2.17. The summed E-state index contributed by atoms with van der Waals surface area (Å²) < 4.78 is 5.20. The summed E-state index contributed by atoms with van der Waals surface area (Å²) in [6.07, 6.45) is 1.73. The van der Waals surface area contributed by atoms with E-state index in [4.69, 9.17) is 4.74 Å². The SMILES string of the molecule is COc1ccc2c(c1)-c1[nH]c(C=O)cc1C2. The van der Waals surface area contributed by atoms with Crippen molar-refractivity contribution in [3.05, 3.63) is 41.1 Å². The Labute approximate surface area is 93.1 Å². The summed E-state index contributed by atoms with van der Waals surface area (Å²) in [5.41, 5.74) is 5.29. The molecule has 0 amide bonds. The summed E-state index contributed by atoms with van der Waals surface area (Å²) in [7, 11) is 1.66. The van der Waals surface area contributed by atoms with E-state index < -0.39 is 0 Å². The van der Waals surface area contributed by atoms with Gasteiger partial charge in [-0.2, -0.15) is 0 Å². The van der Waals surface area contributed by atoms with Crippen molar-refractivity contribution < 1.29 is 9.53 Å². The van der Waals surface area contributed by atoms with Crippen molar-refractivity contribution in [3.8, 4) is 17.0 Å². The minimum absolute atomic E-state index is 0.637. The van der Waals surface area contributed by atoms with Crippen molar-refractivity contribution in [1.29, 1.82) is 0 Å². The molecule has 0 saturated carbocycles. The van der Waals surface area contributed by atoms with Gasteiger partial charge in [-0.25, -0.2) is 0 Å². The van der Waals surface area contributed by atoms with E-state index in [1.54, 1.807) is 7.11 Å². The lowest BCUT2D eigenvalue weighted by Gasteiger charge is -2.03. The molecule has 0 fully saturated rings. The third-order valence-electron chi connectivity index (χ3n) is 3.01. The first-order valence-electron chi connectivity index (χ1n) is 5.16. The molecule has 0 bridgehead atoms. The van der Waals surface area contributed by atoms with Crippen LogP contribution < -0.4 is 4.74 Å². The maximum atomic E-state index is 10.7. The standard InChI is InChI=1S/C13H11NO2/c1-16-11-3-2-8-4-9-5-10(7-15)14-13(9)12(8)6-11/h2-3,5-7,14H,4H2,1H3. The molecule has 1 heterocycles. The molecule has 0 unspecified atom stereocenters. The van der Waals surface area contributed by atoms with E-state index in [2.05, 4.69) is 11.1 Å². The quantitative estimate of drug-likeness (QED) is 0.664. The summed E-state index contributed by atoms with van der Waals surface area (Å²) in [4.78, 5) is 13.8. The lowest BCUT2D eigenvalue weighted by atomic mass is 10.1. The molecule has 0 spiro atoms. The van der Waals surface area contributed by atoms with Gasteiger partial charge in [0, 0.05) is 17.7 Å². The van der Waals surface area contributed by atoms with Gasteiger partial charge in [-0.3, -0.25) is 4.79 Å². The van der Waals surface area contributed by atoms with E-state index >= 15 is 0 Å². The Hall–Kier alpha value is -2.03. The van der Waals surface area contributed by atoms with E-state index in [1.807, 2.05) is 18.2 Å². The Kier molecular flexibility index (Phi) is 1.86. The molecule has 3 rings (SSSR count). The monoisotopic (exact) mass is 213 g/mol. The fraction of sp³-hybridized carbons (Fsp3) is 0.154. The maximum absolute atomic E-state index is 10.7. The molecule has 1 aromatic heterocycles. The highest BCUT2D eigenvalue weighted by Crippen LogP contribution is 2.38. The summed E-state index contributed by atoms with van der Waals surface area (Å²) in [6, 6.07) is 7.95. The molecule has 1 aliphatic rings. The number of aromatic amines is 1. The molecule has 0 saturated heterocycles. The Morgan fingerprint density at radius 1 is 1.31 bits per heavy atom. The first kappa shape index (κ1) is 9.21. The Morgan fingerprint density at radius 2 is 2.19 bits per heavy atom. The zero-order chi connectivity index (χ0) is 11.1. The van der Waals surface area contributed by atoms with E-state index in [9.17, 15) is 4.79 Å². The van der Waals surface area contributed by atoms with Gasteiger partial charge in [0.1, 0.15) is 5.75 Å². The summed E-state index contributed by atoms with van der Waals surface area (Å²) in [5.74, 6) is 0.842. The number of nitrogens with one attached hydrogen (secondary N) is 1. The number of rotatable bonds is 2. The molecule has 3 nitrogen and oxygen atoms in total. The van der Waals surface area contributed by atoms with Crippen LogP contribution in [-0.2, 0) is 6.42 Å². The first-order valence-corrected chi connectivity index (χ1v) is 5.16. The molecule has 1 N–H and O–H groups in total. The lowest BCUT2D eigenvalue weighted by Crippen LogP contribution is -1.87. The number of fused-ring (bicyclic) bond motifs is 3. The number of benzene rings is 1. The van der Waals surface area contributed by atoms with Crippen LogP contribution in [0.2, 0.25) is 0 Å². The fourth-order valence-electron chi connectivity index (χ4n) is 2.24. The van der Waals surface area contributed by atoms with E-state index in [0.717, 1.165) is 29.7 Å². The number of hydrogen-bond donors (Lipinski definition) is 1. The molecule has 16 heavy (non-hydrogen) atoms. The van der Waals surface area contributed by atoms with Crippen LogP contribution in [0.4, 0.5) is 0 Å². The number of aromatic nitrogens is 1. The molecule has 3 heteroatoms. The van der Waals surface area contributed by atoms with Crippen LogP contribution >= 0.6 is 0 Å². The van der Waals surface area contributed by atoms with Gasteiger partial charge in [0.2, 0.25) is 0 Å². The van der Waals surface area contributed by atoms with Gasteiger partial charge in [0.25, 0.3) is 0 Å². The zero-order valence-corrected chi connectivity index (χ0v) is 8.91. The molecule has 80 valence electrons. The van der Waals surface area contributed by atoms with Crippen LogP contribution in [0, 0.1) is 0 Å². The van der Waals surface area contributed by atoms with E-state index in [-0.39, 0.29) is 0 Å². The zero-order valence-electron chi connectivity index (χ0n) is 8.91. The Morgan fingerprint density at radius 3 is 2.94 bits per heavy atom. The van der Waals surface area contributed by atoms with Crippen molar-refractivity contribution in [3.63, 3.8) is 0 Å². The first-order chi connectivity index (χ1) is 7.81. The molecule has 0 radical (unpaired) electrons. The Bertz CT molecular complexity index is 569. The third-order valence-corrected chi connectivity index (χ3v) is 3.01. The van der Waals surface area contributed by atoms with Gasteiger partial charge in [-0.1, -0.05) is 6.07 Å². The van der Waals surface area contributed by atoms with Crippen LogP contribution in [-0.4, -0.2) is 18.4 Å². The third kappa shape index (κ3) is 1.18. The van der Waals surface area contributed by atoms with Crippen molar-refractivity contribution in [2.24, 2.45) is 0 Å². The number of methoxy groups -OCH3 is 1. The number of hydrogen-bond acceptors (Lipinski definition) is 2. The number of H-pyrrole nitrogens is 1. The van der Waals surface area contributed by atoms with Gasteiger partial charge in [-0.15, -0.1) is 0 Å². The van der Waals surface area contributed by atoms with Crippen LogP contribution in [0.25, 0.3) is 11.3 Å². The minimum Gasteiger partial charge on any atom is -0.497 e. The molecule has 0 aliphatic heterocycles. The number of carbonyl (C=O) groups excluding carboxylic acids is 1. The van der Waals surface area contributed by atoms with Gasteiger partial charge in [0.05, 0.1) is 12.8 Å². The normalized spacial score (nSPS) is 12.1. The van der Waals surface area contributed by atoms with Crippen molar-refractivity contribution >= 4 is 6.29 Å². The predicted molar refractivity (Wildman–Crippen MR) is 61.0 cm³/mol. The minimum atomic E-state index is 0.637. The van der Waals surface area contributed by atoms with Crippen LogP contribution in [0.15, 0.2) is 24.3 Å². The highest BCUT2D eigenvalue weighted by atomic mass is 16.5. The highest BCUT2D eigenvalue weighted by Gasteiger charge is 2.21. The molecule has 2 aromatic rings. The molecule has 0 atom stereocenters. The highest BCUT2D eigenvalue weighted by molar-refractivity contribution is 5.81. The van der Waals surface area contributed by atoms with Gasteiger partial charge in [0.15, 0.2) is 6.29 Å². The molecular formula is C13H11NO2. The largest absolute Gasteiger partial charge is 0.497 e. The summed E-state index contributed by atoms with van der Waals surface area (Å²) >= 11 is 0. The van der Waals surface area contributed by atoms with Gasteiger partial charge >= 0.3 is 0 Å². The second-order valence-corrected chi connectivity index (χ2v) is 3.94. The average molecular weight is 213 g/mol. The topological polar surface area (TPSA) is 42.1 Å². The smallest absolute Gasteiger partial charge is 0.166 e. The van der Waals surface area contributed by atoms with Crippen LogP contribution in [0.3, 0.4) is 0 Å². The van der Waals surface area contributed by atoms with Crippen molar-refractivity contribution in [1.82, 2.24) is 4.98 Å². The molecule has 1 aromatic carbocycles. The number of ether oxygens (including phenoxy) is 1. The van der Waals surface area contributed by atoms with Crippen LogP contribution in [0.5, 0.6) is 5.75 Å². The predicted octanol–water partition coefficient (Wildman–Crippen LogP) is 2.41. The van der Waals surface area contributed by atoms with E-state index in [1.165, 1.54) is 11.1 Å². The molecule has 1 aliphatic carbocycles. The summed E-state index contributed by atoms with van der Waals surface area (Å²) in [6.45, 7) is 0. The fourth-order valence-corrected chi connectivity index (χ4v) is 2.24. The van der Waals surface area contributed by atoms with E-state index in [0.29, 0.717) is 5.69 Å². The van der Waals surface area contributed by atoms with Gasteiger partial charge < -0.3 is 9.72 Å². The second-order valence-electron chi connectivity index (χ2n) is 3.94. The van der Waals surface area contributed by atoms with Crippen LogP contribution in [0.1, 0.15) is 21.6 Å². The summed E-state index contributed by atoms with van der Waals surface area (Å²) in [5, 5.41) is 0. The van der Waals surface area contributed by atoms with Gasteiger partial charge in [-0.05, 0) is 29.3 Å². The number of carbonyl (C=O) groups is 1. The number of aldehydes is 1. The molecular weight excluding hydrogens is 202 g/mol.